The molecule has 1 atom stereocenters. The maximum absolute atomic E-state index is 12.9. The molecule has 1 aliphatic heterocycles. The number of non-ortho nitro benzene ring substituents is 1. The quantitative estimate of drug-likeness (QED) is 0.303. The van der Waals surface area contributed by atoms with Crippen molar-refractivity contribution in [1.29, 1.82) is 0 Å². The number of rotatable bonds is 6. The van der Waals surface area contributed by atoms with Gasteiger partial charge in [0.05, 0.1) is 15.9 Å². The van der Waals surface area contributed by atoms with Crippen molar-refractivity contribution in [2.45, 2.75) is 12.6 Å². The summed E-state index contributed by atoms with van der Waals surface area (Å²) in [5.74, 6) is -1.45. The smallest absolute Gasteiger partial charge is 0.272 e. The molecule has 1 saturated heterocycles. The predicted octanol–water partition coefficient (Wildman–Crippen LogP) is 1.87. The lowest BCUT2D eigenvalue weighted by Gasteiger charge is -2.34. The van der Waals surface area contributed by atoms with E-state index in [4.69, 9.17) is 11.6 Å². The Hall–Kier alpha value is -4.46. The molecule has 0 bridgehead atoms. The van der Waals surface area contributed by atoms with Gasteiger partial charge in [0.1, 0.15) is 18.4 Å². The van der Waals surface area contributed by atoms with Crippen LogP contribution >= 0.6 is 11.6 Å². The molecule has 0 N–H and O–H groups in total. The zero-order chi connectivity index (χ0) is 23.0. The number of hydrogen-bond donors (Lipinski definition) is 0. The van der Waals surface area contributed by atoms with Gasteiger partial charge in [-0.05, 0) is 34.2 Å². The molecule has 0 saturated carbocycles. The summed E-state index contributed by atoms with van der Waals surface area (Å²) in [7, 11) is 0. The van der Waals surface area contributed by atoms with Crippen molar-refractivity contribution in [2.75, 3.05) is 5.01 Å². The van der Waals surface area contributed by atoms with Gasteiger partial charge in [-0.1, -0.05) is 23.7 Å². The van der Waals surface area contributed by atoms with E-state index < -0.39 is 45.6 Å². The zero-order valence-corrected chi connectivity index (χ0v) is 16.6. The minimum atomic E-state index is -1.10. The van der Waals surface area contributed by atoms with E-state index >= 15 is 0 Å². The summed E-state index contributed by atoms with van der Waals surface area (Å²) in [6.45, 7) is 0. The van der Waals surface area contributed by atoms with Crippen LogP contribution in [0.25, 0.3) is 0 Å². The topological polar surface area (TPSA) is 170 Å². The maximum Gasteiger partial charge on any atom is 0.301 e. The highest BCUT2D eigenvalue weighted by Crippen LogP contribution is 2.39. The molecule has 0 spiro atoms. The Morgan fingerprint density at radius 3 is 2.31 bits per heavy atom. The summed E-state index contributed by atoms with van der Waals surface area (Å²) in [5.41, 5.74) is -1.14. The predicted molar refractivity (Wildman–Crippen MR) is 106 cm³/mol. The number of halogens is 1. The normalized spacial score (nSPS) is 14.7. The second kappa shape index (κ2) is 7.99. The highest BCUT2D eigenvalue weighted by atomic mass is 35.5. The Bertz CT molecular complexity index is 1230. The van der Waals surface area contributed by atoms with E-state index in [9.17, 15) is 29.8 Å². The van der Waals surface area contributed by atoms with Crippen LogP contribution in [0.15, 0.2) is 48.8 Å². The first-order valence-corrected chi connectivity index (χ1v) is 9.21. The number of tetrazole rings is 1. The first kappa shape index (κ1) is 20.8. The fraction of sp³-hybridized carbons (Fsp3) is 0.118. The Morgan fingerprint density at radius 1 is 1.00 bits per heavy atom. The molecule has 15 heteroatoms. The monoisotopic (exact) mass is 458 g/mol. The minimum absolute atomic E-state index is 0.316. The lowest BCUT2D eigenvalue weighted by molar-refractivity contribution is -0.393. The van der Waals surface area contributed by atoms with Crippen LogP contribution < -0.4 is 5.01 Å². The summed E-state index contributed by atoms with van der Waals surface area (Å²) >= 11 is 5.95. The molecule has 1 aromatic heterocycles. The molecule has 162 valence electrons. The molecule has 1 aliphatic rings. The van der Waals surface area contributed by atoms with Gasteiger partial charge in [-0.3, -0.25) is 29.8 Å². The molecule has 2 aromatic carbocycles. The third-order valence-electron chi connectivity index (χ3n) is 4.62. The zero-order valence-electron chi connectivity index (χ0n) is 15.8. The van der Waals surface area contributed by atoms with Gasteiger partial charge in [0, 0.05) is 11.1 Å². The molecular weight excluding hydrogens is 448 g/mol. The van der Waals surface area contributed by atoms with Gasteiger partial charge < -0.3 is 0 Å². The number of anilines is 1. The molecule has 4 rings (SSSR count). The fourth-order valence-corrected chi connectivity index (χ4v) is 3.41. The van der Waals surface area contributed by atoms with Gasteiger partial charge in [-0.25, -0.2) is 14.7 Å². The van der Waals surface area contributed by atoms with E-state index in [1.807, 2.05) is 0 Å². The summed E-state index contributed by atoms with van der Waals surface area (Å²) < 4.78 is 1.18. The number of nitrogens with zero attached hydrogens (tertiary/aromatic N) is 8. The Morgan fingerprint density at radius 2 is 1.72 bits per heavy atom. The van der Waals surface area contributed by atoms with Crippen LogP contribution in [0.5, 0.6) is 0 Å². The van der Waals surface area contributed by atoms with E-state index in [1.54, 1.807) is 24.3 Å². The van der Waals surface area contributed by atoms with E-state index in [-0.39, 0.29) is 5.69 Å². The number of amides is 2. The Balaban J connectivity index is 1.89. The van der Waals surface area contributed by atoms with Crippen molar-refractivity contribution in [3.05, 3.63) is 79.6 Å². The number of nitro groups is 2. The van der Waals surface area contributed by atoms with Crippen molar-refractivity contribution in [2.24, 2.45) is 0 Å². The van der Waals surface area contributed by atoms with Crippen LogP contribution in [-0.4, -0.2) is 46.9 Å². The van der Waals surface area contributed by atoms with Crippen LogP contribution in [0, 0.1) is 20.2 Å². The second-order valence-electron chi connectivity index (χ2n) is 6.52. The van der Waals surface area contributed by atoms with Crippen molar-refractivity contribution in [3.63, 3.8) is 0 Å². The van der Waals surface area contributed by atoms with Crippen LogP contribution in [0.1, 0.15) is 18.2 Å². The molecule has 0 radical (unpaired) electrons. The maximum atomic E-state index is 12.9. The number of carbonyl (C=O) groups excluding carboxylic acids is 2. The van der Waals surface area contributed by atoms with Crippen molar-refractivity contribution in [3.8, 4) is 0 Å². The summed E-state index contributed by atoms with van der Waals surface area (Å²) in [4.78, 5) is 46.7. The molecule has 1 fully saturated rings. The molecular formula is C17H11ClN8O6. The number of hydrogen-bond acceptors (Lipinski definition) is 9. The van der Waals surface area contributed by atoms with Crippen molar-refractivity contribution < 1.29 is 19.4 Å². The summed E-state index contributed by atoms with van der Waals surface area (Å²) in [6.07, 6.45) is -0.478. The number of carbonyl (C=O) groups is 2. The van der Waals surface area contributed by atoms with Crippen LogP contribution in [0.3, 0.4) is 0 Å². The SMILES string of the molecule is O=C1CC(=O)N(C(c2ccc(Cl)cc2)n2cnnn2)N1c1ccc([N+](=O)[O-])cc1[N+](=O)[O-]. The average Bonchev–Trinajstić information content (AvgIpc) is 3.37. The molecule has 3 aromatic rings. The van der Waals surface area contributed by atoms with Crippen LogP contribution in [-0.2, 0) is 9.59 Å². The third kappa shape index (κ3) is 3.58. The Kier molecular flexibility index (Phi) is 5.19. The molecule has 2 heterocycles. The van der Waals surface area contributed by atoms with E-state index in [1.165, 1.54) is 11.0 Å². The van der Waals surface area contributed by atoms with Crippen molar-refractivity contribution in [1.82, 2.24) is 25.2 Å². The molecule has 0 aliphatic carbocycles. The minimum Gasteiger partial charge on any atom is -0.272 e. The van der Waals surface area contributed by atoms with E-state index in [0.29, 0.717) is 10.6 Å². The largest absolute Gasteiger partial charge is 0.301 e. The lowest BCUT2D eigenvalue weighted by atomic mass is 10.1. The molecule has 14 nitrogen and oxygen atoms in total. The first-order chi connectivity index (χ1) is 15.3. The molecule has 1 unspecified atom stereocenters. The van der Waals surface area contributed by atoms with Crippen molar-refractivity contribution >= 4 is 40.5 Å². The van der Waals surface area contributed by atoms with E-state index in [0.717, 1.165) is 28.2 Å². The third-order valence-corrected chi connectivity index (χ3v) is 4.87. The number of aromatic nitrogens is 4. The highest BCUT2D eigenvalue weighted by Gasteiger charge is 2.45. The first-order valence-electron chi connectivity index (χ1n) is 8.83. The van der Waals surface area contributed by atoms with Gasteiger partial charge in [-0.2, -0.15) is 0 Å². The summed E-state index contributed by atoms with van der Waals surface area (Å²) in [5, 5.41) is 35.8. The second-order valence-corrected chi connectivity index (χ2v) is 6.96. The fourth-order valence-electron chi connectivity index (χ4n) is 3.29. The van der Waals surface area contributed by atoms with Crippen LogP contribution in [0.4, 0.5) is 17.1 Å². The van der Waals surface area contributed by atoms with Gasteiger partial charge in [-0.15, -0.1) is 5.10 Å². The Labute approximate surface area is 182 Å². The number of benzene rings is 2. The number of nitro benzene ring substituents is 2. The van der Waals surface area contributed by atoms with Gasteiger partial charge in [0.25, 0.3) is 17.5 Å². The molecule has 2 amide bonds. The lowest BCUT2D eigenvalue weighted by Crippen LogP contribution is -2.46. The van der Waals surface area contributed by atoms with Gasteiger partial charge >= 0.3 is 5.69 Å². The highest BCUT2D eigenvalue weighted by molar-refractivity contribution is 6.30. The van der Waals surface area contributed by atoms with Gasteiger partial charge in [0.2, 0.25) is 0 Å². The van der Waals surface area contributed by atoms with Gasteiger partial charge in [0.15, 0.2) is 6.17 Å². The molecule has 32 heavy (non-hydrogen) atoms. The van der Waals surface area contributed by atoms with Crippen LogP contribution in [0.2, 0.25) is 5.02 Å². The average molecular weight is 459 g/mol. The number of hydrazine groups is 1. The summed E-state index contributed by atoms with van der Waals surface area (Å²) in [6, 6.07) is 9.02. The van der Waals surface area contributed by atoms with E-state index in [2.05, 4.69) is 15.5 Å². The standard InChI is InChI=1S/C17H11ClN8O6/c18-11-3-1-10(2-4-11)17(22-9-19-20-21-22)24-16(28)8-15(27)23(24)13-6-5-12(25(29)30)7-14(13)26(31)32/h1-7,9,17H,8H2.